The Labute approximate surface area is 205 Å². The molecule has 2 aromatic rings. The van der Waals surface area contributed by atoms with Crippen molar-refractivity contribution in [1.82, 2.24) is 10.2 Å². The zero-order valence-electron chi connectivity index (χ0n) is 19.1. The maximum atomic E-state index is 13.4. The van der Waals surface area contributed by atoms with Crippen LogP contribution in [0.25, 0.3) is 0 Å². The largest absolute Gasteiger partial charge is 0.352 e. The zero-order valence-corrected chi connectivity index (χ0v) is 21.4. The monoisotopic (exact) mass is 513 g/mol. The van der Waals surface area contributed by atoms with E-state index in [1.165, 1.54) is 17.0 Å². The molecule has 2 aromatic carbocycles. The molecule has 0 radical (unpaired) electrons. The van der Waals surface area contributed by atoms with E-state index >= 15 is 0 Å². The number of hydrogen-bond donors (Lipinski definition) is 1. The minimum Gasteiger partial charge on any atom is -0.352 e. The van der Waals surface area contributed by atoms with Crippen molar-refractivity contribution >= 4 is 50.7 Å². The number of nitrogens with zero attached hydrogens (tertiary/aromatic N) is 2. The van der Waals surface area contributed by atoms with Crippen LogP contribution in [0.1, 0.15) is 32.8 Å². The number of halogens is 2. The topological polar surface area (TPSA) is 86.8 Å². The molecule has 0 spiro atoms. The van der Waals surface area contributed by atoms with Crippen LogP contribution in [-0.4, -0.2) is 50.0 Å². The number of rotatable bonds is 10. The van der Waals surface area contributed by atoms with Crippen molar-refractivity contribution in [2.45, 2.75) is 45.8 Å². The summed E-state index contributed by atoms with van der Waals surface area (Å²) in [5.74, 6) is -0.832. The second kappa shape index (κ2) is 11.7. The normalized spacial score (nSPS) is 13.2. The summed E-state index contributed by atoms with van der Waals surface area (Å²) in [6.45, 7) is 5.10. The molecule has 2 rings (SSSR count). The van der Waals surface area contributed by atoms with Gasteiger partial charge in [-0.25, -0.2) is 8.42 Å². The van der Waals surface area contributed by atoms with Gasteiger partial charge in [0.25, 0.3) is 0 Å². The summed E-state index contributed by atoms with van der Waals surface area (Å²) in [6.07, 6.45) is 1.76. The summed E-state index contributed by atoms with van der Waals surface area (Å²) in [5.41, 5.74) is 1.06. The van der Waals surface area contributed by atoms with Gasteiger partial charge in [0.2, 0.25) is 21.8 Å². The summed E-state index contributed by atoms with van der Waals surface area (Å²) >= 11 is 11.9. The Kier molecular flexibility index (Phi) is 9.57. The molecule has 0 saturated heterocycles. The van der Waals surface area contributed by atoms with E-state index in [1.807, 2.05) is 13.8 Å². The minimum atomic E-state index is -3.78. The summed E-state index contributed by atoms with van der Waals surface area (Å²) in [5, 5.41) is 3.87. The van der Waals surface area contributed by atoms with Crippen LogP contribution in [0.3, 0.4) is 0 Å². The Balaban J connectivity index is 2.36. The highest BCUT2D eigenvalue weighted by Crippen LogP contribution is 2.21. The van der Waals surface area contributed by atoms with Crippen molar-refractivity contribution in [3.05, 3.63) is 64.1 Å². The predicted molar refractivity (Wildman–Crippen MR) is 133 cm³/mol. The molecule has 0 unspecified atom stereocenters. The number of carbonyl (C=O) groups excluding carboxylic acids is 2. The number of anilines is 1. The highest BCUT2D eigenvalue weighted by molar-refractivity contribution is 7.92. The number of amides is 2. The molecule has 0 fully saturated rings. The van der Waals surface area contributed by atoms with Crippen LogP contribution in [0.15, 0.2) is 48.5 Å². The van der Waals surface area contributed by atoms with Gasteiger partial charge in [0.15, 0.2) is 0 Å². The van der Waals surface area contributed by atoms with E-state index in [-0.39, 0.29) is 18.5 Å². The number of sulfonamides is 1. The van der Waals surface area contributed by atoms with E-state index in [1.54, 1.807) is 43.3 Å². The number of hydrogen-bond acceptors (Lipinski definition) is 4. The maximum Gasteiger partial charge on any atom is 0.244 e. The third-order valence-electron chi connectivity index (χ3n) is 5.23. The van der Waals surface area contributed by atoms with Gasteiger partial charge in [-0.3, -0.25) is 13.9 Å². The fourth-order valence-electron chi connectivity index (χ4n) is 3.06. The van der Waals surface area contributed by atoms with E-state index in [4.69, 9.17) is 23.2 Å². The van der Waals surface area contributed by atoms with Crippen molar-refractivity contribution < 1.29 is 18.0 Å². The molecule has 1 N–H and O–H groups in total. The van der Waals surface area contributed by atoms with Crippen LogP contribution < -0.4 is 9.62 Å². The lowest BCUT2D eigenvalue weighted by Gasteiger charge is -2.32. The van der Waals surface area contributed by atoms with Gasteiger partial charge in [-0.1, -0.05) is 42.3 Å². The van der Waals surface area contributed by atoms with E-state index in [2.05, 4.69) is 5.32 Å². The van der Waals surface area contributed by atoms with Crippen molar-refractivity contribution in [2.24, 2.45) is 0 Å². The van der Waals surface area contributed by atoms with E-state index < -0.39 is 28.5 Å². The first-order chi connectivity index (χ1) is 15.4. The molecule has 2 atom stereocenters. The van der Waals surface area contributed by atoms with Crippen LogP contribution in [-0.2, 0) is 26.2 Å². The quantitative estimate of drug-likeness (QED) is 0.518. The minimum absolute atomic E-state index is 0.0611. The fraction of sp³-hybridized carbons (Fsp3) is 0.391. The van der Waals surface area contributed by atoms with Gasteiger partial charge in [-0.2, -0.15) is 0 Å². The Morgan fingerprint density at radius 1 is 0.970 bits per heavy atom. The van der Waals surface area contributed by atoms with Gasteiger partial charge in [0.1, 0.15) is 12.6 Å². The second-order valence-corrected chi connectivity index (χ2v) is 10.7. The van der Waals surface area contributed by atoms with Crippen LogP contribution in [0.4, 0.5) is 5.69 Å². The number of nitrogens with one attached hydrogen (secondary N) is 1. The molecule has 0 aliphatic rings. The molecule has 0 aromatic heterocycles. The van der Waals surface area contributed by atoms with Gasteiger partial charge >= 0.3 is 0 Å². The lowest BCUT2D eigenvalue weighted by atomic mass is 10.1. The Morgan fingerprint density at radius 3 is 1.97 bits per heavy atom. The van der Waals surface area contributed by atoms with E-state index in [0.29, 0.717) is 15.7 Å². The Hall–Kier alpha value is -2.29. The number of benzene rings is 2. The highest BCUT2D eigenvalue weighted by Gasteiger charge is 2.30. The molecule has 7 nitrogen and oxygen atoms in total. The van der Waals surface area contributed by atoms with Crippen LogP contribution in [0, 0.1) is 0 Å². The van der Waals surface area contributed by atoms with E-state index in [9.17, 15) is 18.0 Å². The van der Waals surface area contributed by atoms with Gasteiger partial charge in [0.05, 0.1) is 11.9 Å². The van der Waals surface area contributed by atoms with Crippen molar-refractivity contribution in [3.8, 4) is 0 Å². The zero-order chi connectivity index (χ0) is 24.8. The molecule has 33 heavy (non-hydrogen) atoms. The second-order valence-electron chi connectivity index (χ2n) is 7.89. The van der Waals surface area contributed by atoms with Crippen molar-refractivity contribution in [1.29, 1.82) is 0 Å². The maximum absolute atomic E-state index is 13.4. The van der Waals surface area contributed by atoms with Gasteiger partial charge < -0.3 is 10.2 Å². The van der Waals surface area contributed by atoms with Crippen molar-refractivity contribution in [3.63, 3.8) is 0 Å². The molecule has 180 valence electrons. The first kappa shape index (κ1) is 27.0. The summed E-state index contributed by atoms with van der Waals surface area (Å²) in [6, 6.07) is 12.2. The smallest absolute Gasteiger partial charge is 0.244 e. The third-order valence-corrected chi connectivity index (χ3v) is 6.87. The summed E-state index contributed by atoms with van der Waals surface area (Å²) in [4.78, 5) is 27.6. The molecule has 10 heteroatoms. The SMILES string of the molecule is CC[C@@H](C)NC(=O)[C@H](C)N(Cc1ccc(Cl)cc1)C(=O)CN(c1ccc(Cl)cc1)S(C)(=O)=O. The lowest BCUT2D eigenvalue weighted by molar-refractivity contribution is -0.139. The van der Waals surface area contributed by atoms with Crippen LogP contribution in [0.5, 0.6) is 0 Å². The highest BCUT2D eigenvalue weighted by atomic mass is 35.5. The lowest BCUT2D eigenvalue weighted by Crippen LogP contribution is -2.52. The first-order valence-corrected chi connectivity index (χ1v) is 13.1. The fourth-order valence-corrected chi connectivity index (χ4v) is 4.16. The predicted octanol–water partition coefficient (Wildman–Crippen LogP) is 4.09. The van der Waals surface area contributed by atoms with Crippen LogP contribution >= 0.6 is 23.2 Å². The Morgan fingerprint density at radius 2 is 1.48 bits per heavy atom. The molecule has 0 aliphatic heterocycles. The summed E-state index contributed by atoms with van der Waals surface area (Å²) < 4.78 is 26.0. The van der Waals surface area contributed by atoms with Gasteiger partial charge in [-0.05, 0) is 62.2 Å². The molecule has 0 saturated carbocycles. The van der Waals surface area contributed by atoms with E-state index in [0.717, 1.165) is 22.5 Å². The van der Waals surface area contributed by atoms with Gasteiger partial charge in [0, 0.05) is 22.6 Å². The van der Waals surface area contributed by atoms with Crippen molar-refractivity contribution in [2.75, 3.05) is 17.1 Å². The molecule has 2 amide bonds. The molecule has 0 heterocycles. The number of carbonyl (C=O) groups is 2. The molecular weight excluding hydrogens is 485 g/mol. The molecule has 0 aliphatic carbocycles. The average Bonchev–Trinajstić information content (AvgIpc) is 2.76. The molecule has 0 bridgehead atoms. The third kappa shape index (κ3) is 7.91. The standard InChI is InChI=1S/C23H29Cl2N3O4S/c1-5-16(2)26-23(30)17(3)27(14-18-6-8-19(24)9-7-18)22(29)15-28(33(4,31)32)21-12-10-20(25)11-13-21/h6-13,16-17H,5,14-15H2,1-4H3,(H,26,30)/t16-,17+/m1/s1. The Bertz CT molecular complexity index is 1060. The first-order valence-electron chi connectivity index (χ1n) is 10.5. The average molecular weight is 514 g/mol. The summed E-state index contributed by atoms with van der Waals surface area (Å²) in [7, 11) is -3.78. The van der Waals surface area contributed by atoms with Crippen LogP contribution in [0.2, 0.25) is 10.0 Å². The molecular formula is C23H29Cl2N3O4S. The van der Waals surface area contributed by atoms with Gasteiger partial charge in [-0.15, -0.1) is 0 Å².